The van der Waals surface area contributed by atoms with E-state index >= 15 is 0 Å². The molecule has 1 atom stereocenters. The molecule has 0 aliphatic rings. The molecule has 0 bridgehead atoms. The zero-order valence-corrected chi connectivity index (χ0v) is 9.66. The second kappa shape index (κ2) is 5.58. The van der Waals surface area contributed by atoms with E-state index in [4.69, 9.17) is 10.8 Å². The Morgan fingerprint density at radius 2 is 1.87 bits per heavy atom. The first kappa shape index (κ1) is 14.5. The monoisotopic (exact) mass is 305 g/mol. The highest BCUT2D eigenvalue weighted by Crippen LogP contribution is 2.32. The van der Waals surface area contributed by atoms with Crippen molar-refractivity contribution < 1.29 is 18.3 Å². The topological polar surface area (TPSA) is 46.2 Å². The Morgan fingerprint density at radius 3 is 2.33 bits per heavy atom. The van der Waals surface area contributed by atoms with Gasteiger partial charge in [-0.25, -0.2) is 13.2 Å². The highest BCUT2D eigenvalue weighted by atomic mass is 79.9. The Morgan fingerprint density at radius 1 is 1.33 bits per heavy atom. The molecule has 0 aromatic heterocycles. The lowest BCUT2D eigenvalue weighted by molar-refractivity contribution is 0.115. The van der Waals surface area contributed by atoms with Crippen molar-refractivity contribution in [2.45, 2.75) is 12.5 Å². The molecule has 0 aliphatic heterocycles. The Hall–Kier alpha value is -0.460. The van der Waals surface area contributed by atoms with E-state index in [1.54, 1.807) is 0 Å². The largest absolute Gasteiger partial charge is 0.505 e. The minimum absolute atomic E-state index is 0. The molecular formula is C8H8BrClF3NO. The first-order valence-corrected chi connectivity index (χ1v) is 4.44. The van der Waals surface area contributed by atoms with Crippen molar-refractivity contribution in [2.24, 2.45) is 5.73 Å². The van der Waals surface area contributed by atoms with Gasteiger partial charge in [0.25, 0.3) is 6.43 Å². The fourth-order valence-electron chi connectivity index (χ4n) is 0.976. The van der Waals surface area contributed by atoms with E-state index in [9.17, 15) is 13.2 Å². The number of halogens is 5. The minimum Gasteiger partial charge on any atom is -0.505 e. The predicted molar refractivity (Wildman–Crippen MR) is 55.9 cm³/mol. The van der Waals surface area contributed by atoms with Crippen LogP contribution in [-0.2, 0) is 0 Å². The van der Waals surface area contributed by atoms with Gasteiger partial charge in [-0.3, -0.25) is 0 Å². The summed E-state index contributed by atoms with van der Waals surface area (Å²) in [5, 5.41) is 9.13. The molecule has 0 fully saturated rings. The van der Waals surface area contributed by atoms with Crippen LogP contribution in [0, 0.1) is 5.82 Å². The molecule has 0 saturated carbocycles. The number of phenols is 1. The summed E-state index contributed by atoms with van der Waals surface area (Å²) >= 11 is 2.91. The Bertz CT molecular complexity index is 351. The fraction of sp³-hybridized carbons (Fsp3) is 0.250. The number of nitrogens with two attached hydrogens (primary N) is 1. The number of phenolic OH excluding ortho intramolecular Hbond substituents is 1. The van der Waals surface area contributed by atoms with Crippen LogP contribution in [0.5, 0.6) is 5.75 Å². The molecular weight excluding hydrogens is 298 g/mol. The van der Waals surface area contributed by atoms with E-state index in [0.717, 1.165) is 12.1 Å². The van der Waals surface area contributed by atoms with E-state index in [1.165, 1.54) is 0 Å². The average molecular weight is 307 g/mol. The van der Waals surface area contributed by atoms with Crippen LogP contribution < -0.4 is 5.73 Å². The molecule has 0 saturated heterocycles. The van der Waals surface area contributed by atoms with Crippen LogP contribution in [-0.4, -0.2) is 11.5 Å². The Balaban J connectivity index is 0.00000196. The van der Waals surface area contributed by atoms with Gasteiger partial charge in [-0.1, -0.05) is 15.9 Å². The third kappa shape index (κ3) is 3.25. The Kier molecular flexibility index (Phi) is 5.41. The molecule has 0 heterocycles. The number of rotatable bonds is 2. The van der Waals surface area contributed by atoms with E-state index < -0.39 is 24.0 Å². The third-order valence-electron chi connectivity index (χ3n) is 1.69. The summed E-state index contributed by atoms with van der Waals surface area (Å²) in [6.45, 7) is 0. The Labute approximate surface area is 98.8 Å². The van der Waals surface area contributed by atoms with Crippen LogP contribution in [0.25, 0.3) is 0 Å². The van der Waals surface area contributed by atoms with Gasteiger partial charge in [0.2, 0.25) is 0 Å². The molecule has 0 radical (unpaired) electrons. The molecule has 1 aromatic carbocycles. The van der Waals surface area contributed by atoms with Crippen LogP contribution >= 0.6 is 28.3 Å². The van der Waals surface area contributed by atoms with Gasteiger partial charge in [0.05, 0.1) is 6.04 Å². The maximum absolute atomic E-state index is 12.9. The molecule has 0 spiro atoms. The number of hydrogen-bond donors (Lipinski definition) is 2. The molecule has 1 rings (SSSR count). The molecule has 15 heavy (non-hydrogen) atoms. The molecule has 2 nitrogen and oxygen atoms in total. The van der Waals surface area contributed by atoms with Gasteiger partial charge in [0, 0.05) is 10.0 Å². The van der Waals surface area contributed by atoms with Crippen molar-refractivity contribution in [3.05, 3.63) is 28.0 Å². The summed E-state index contributed by atoms with van der Waals surface area (Å²) < 4.78 is 37.5. The second-order valence-electron chi connectivity index (χ2n) is 2.69. The predicted octanol–water partition coefficient (Wildman–Crippen LogP) is 2.98. The van der Waals surface area contributed by atoms with Crippen LogP contribution in [0.2, 0.25) is 0 Å². The van der Waals surface area contributed by atoms with Crippen molar-refractivity contribution in [1.82, 2.24) is 0 Å². The van der Waals surface area contributed by atoms with Crippen LogP contribution in [0.3, 0.4) is 0 Å². The SMILES string of the molecule is Cl.N[C@@H](c1cc(Br)cc(F)c1O)C(F)F. The molecule has 0 unspecified atom stereocenters. The molecule has 0 aliphatic carbocycles. The maximum atomic E-state index is 12.9. The first-order valence-electron chi connectivity index (χ1n) is 3.65. The van der Waals surface area contributed by atoms with E-state index in [1.807, 2.05) is 0 Å². The van der Waals surface area contributed by atoms with Crippen LogP contribution in [0.15, 0.2) is 16.6 Å². The molecule has 3 N–H and O–H groups in total. The van der Waals surface area contributed by atoms with Crippen molar-refractivity contribution in [3.63, 3.8) is 0 Å². The summed E-state index contributed by atoms with van der Waals surface area (Å²) in [7, 11) is 0. The number of benzene rings is 1. The lowest BCUT2D eigenvalue weighted by Crippen LogP contribution is -2.19. The smallest absolute Gasteiger partial charge is 0.257 e. The van der Waals surface area contributed by atoms with Crippen LogP contribution in [0.4, 0.5) is 13.2 Å². The number of aromatic hydroxyl groups is 1. The normalized spacial score (nSPS) is 12.4. The highest BCUT2D eigenvalue weighted by molar-refractivity contribution is 9.10. The first-order chi connectivity index (χ1) is 6.43. The molecule has 1 aromatic rings. The lowest BCUT2D eigenvalue weighted by Gasteiger charge is -2.13. The quantitative estimate of drug-likeness (QED) is 0.882. The summed E-state index contributed by atoms with van der Waals surface area (Å²) in [5.74, 6) is -1.81. The van der Waals surface area contributed by atoms with Crippen molar-refractivity contribution >= 4 is 28.3 Å². The number of alkyl halides is 2. The maximum Gasteiger partial charge on any atom is 0.257 e. The molecule has 0 amide bonds. The fourth-order valence-corrected chi connectivity index (χ4v) is 1.42. The van der Waals surface area contributed by atoms with Gasteiger partial charge in [-0.15, -0.1) is 12.4 Å². The van der Waals surface area contributed by atoms with E-state index in [2.05, 4.69) is 15.9 Å². The van der Waals surface area contributed by atoms with Gasteiger partial charge in [0.15, 0.2) is 11.6 Å². The van der Waals surface area contributed by atoms with E-state index in [-0.39, 0.29) is 22.4 Å². The summed E-state index contributed by atoms with van der Waals surface area (Å²) in [5.41, 5.74) is 4.77. The second-order valence-corrected chi connectivity index (χ2v) is 3.60. The lowest BCUT2D eigenvalue weighted by atomic mass is 10.1. The van der Waals surface area contributed by atoms with Gasteiger partial charge in [0.1, 0.15) is 0 Å². The van der Waals surface area contributed by atoms with Crippen molar-refractivity contribution in [1.29, 1.82) is 0 Å². The van der Waals surface area contributed by atoms with Gasteiger partial charge in [-0.2, -0.15) is 0 Å². The van der Waals surface area contributed by atoms with Gasteiger partial charge in [-0.05, 0) is 12.1 Å². The van der Waals surface area contributed by atoms with Gasteiger partial charge < -0.3 is 10.8 Å². The molecule has 86 valence electrons. The van der Waals surface area contributed by atoms with Crippen molar-refractivity contribution in [2.75, 3.05) is 0 Å². The third-order valence-corrected chi connectivity index (χ3v) is 2.15. The zero-order valence-electron chi connectivity index (χ0n) is 7.25. The number of hydrogen-bond acceptors (Lipinski definition) is 2. The van der Waals surface area contributed by atoms with E-state index in [0.29, 0.717) is 0 Å². The summed E-state index contributed by atoms with van der Waals surface area (Å²) in [4.78, 5) is 0. The molecule has 7 heteroatoms. The average Bonchev–Trinajstić information content (AvgIpc) is 2.09. The highest BCUT2D eigenvalue weighted by Gasteiger charge is 2.23. The zero-order chi connectivity index (χ0) is 10.9. The van der Waals surface area contributed by atoms with Crippen LogP contribution in [0.1, 0.15) is 11.6 Å². The summed E-state index contributed by atoms with van der Waals surface area (Å²) in [6.07, 6.45) is -2.85. The van der Waals surface area contributed by atoms with Crippen molar-refractivity contribution in [3.8, 4) is 5.75 Å². The van der Waals surface area contributed by atoms with Gasteiger partial charge >= 0.3 is 0 Å². The minimum atomic E-state index is -2.85. The standard InChI is InChI=1S/C8H7BrF3NO.ClH/c9-3-1-4(6(13)8(11)12)7(14)5(10)2-3;/h1-2,6,8,14H,13H2;1H/t6-;/m0./s1. The summed E-state index contributed by atoms with van der Waals surface area (Å²) in [6, 6.07) is 0.439.